The van der Waals surface area contributed by atoms with Gasteiger partial charge in [0.2, 0.25) is 10.0 Å². The third kappa shape index (κ3) is 3.80. The van der Waals surface area contributed by atoms with Gasteiger partial charge in [-0.25, -0.2) is 17.5 Å². The van der Waals surface area contributed by atoms with Crippen LogP contribution < -0.4 is 4.72 Å². The molecule has 0 spiro atoms. The molecule has 2 unspecified atom stereocenters. The van der Waals surface area contributed by atoms with Gasteiger partial charge in [-0.2, -0.15) is 0 Å². The third-order valence-electron chi connectivity index (χ3n) is 3.66. The maximum Gasteiger partial charge on any atom is 0.241 e. The second-order valence-electron chi connectivity index (χ2n) is 5.29. The molecule has 1 aromatic rings. The molecule has 0 amide bonds. The van der Waals surface area contributed by atoms with Crippen molar-refractivity contribution in [2.45, 2.75) is 54.8 Å². The molecule has 1 aliphatic carbocycles. The first-order valence-electron chi connectivity index (χ1n) is 6.83. The molecule has 0 saturated heterocycles. The van der Waals surface area contributed by atoms with E-state index in [4.69, 9.17) is 0 Å². The van der Waals surface area contributed by atoms with Gasteiger partial charge in [0.05, 0.1) is 4.90 Å². The third-order valence-corrected chi connectivity index (χ3v) is 6.41. The van der Waals surface area contributed by atoms with Gasteiger partial charge < -0.3 is 0 Å². The molecule has 6 heteroatoms. The second kappa shape index (κ2) is 6.54. The molecule has 20 heavy (non-hydrogen) atoms. The number of alkyl halides is 1. The fourth-order valence-electron chi connectivity index (χ4n) is 2.57. The summed E-state index contributed by atoms with van der Waals surface area (Å²) in [5.74, 6) is -0.422. The molecule has 0 radical (unpaired) electrons. The SMILES string of the molecule is Cc1cc(F)ccc1S(=O)(=O)NC1CCCCCC1Br. The first-order chi connectivity index (χ1) is 9.40. The van der Waals surface area contributed by atoms with Crippen molar-refractivity contribution in [3.05, 3.63) is 29.6 Å². The van der Waals surface area contributed by atoms with Crippen LogP contribution in [-0.2, 0) is 10.0 Å². The van der Waals surface area contributed by atoms with Crippen molar-refractivity contribution in [2.24, 2.45) is 0 Å². The molecular weight excluding hydrogens is 345 g/mol. The van der Waals surface area contributed by atoms with E-state index in [1.807, 2.05) is 0 Å². The zero-order valence-corrected chi connectivity index (χ0v) is 13.8. The van der Waals surface area contributed by atoms with E-state index in [-0.39, 0.29) is 15.8 Å². The van der Waals surface area contributed by atoms with Crippen LogP contribution in [0.4, 0.5) is 4.39 Å². The molecule has 0 aromatic heterocycles. The zero-order chi connectivity index (χ0) is 14.8. The monoisotopic (exact) mass is 363 g/mol. The van der Waals surface area contributed by atoms with Gasteiger partial charge in [-0.3, -0.25) is 0 Å². The maximum absolute atomic E-state index is 13.1. The molecule has 2 rings (SSSR count). The van der Waals surface area contributed by atoms with Crippen LogP contribution >= 0.6 is 15.9 Å². The molecule has 112 valence electrons. The number of nitrogens with one attached hydrogen (secondary N) is 1. The van der Waals surface area contributed by atoms with Crippen LogP contribution in [0.15, 0.2) is 23.1 Å². The van der Waals surface area contributed by atoms with Gasteiger partial charge in [0.25, 0.3) is 0 Å². The molecule has 1 aromatic carbocycles. The van der Waals surface area contributed by atoms with E-state index >= 15 is 0 Å². The summed E-state index contributed by atoms with van der Waals surface area (Å²) in [5.41, 5.74) is 0.428. The van der Waals surface area contributed by atoms with Crippen LogP contribution in [0.2, 0.25) is 0 Å². The van der Waals surface area contributed by atoms with Gasteiger partial charge in [0.15, 0.2) is 0 Å². The fraction of sp³-hybridized carbons (Fsp3) is 0.571. The summed E-state index contributed by atoms with van der Waals surface area (Å²) in [6, 6.07) is 3.65. The number of hydrogen-bond donors (Lipinski definition) is 1. The van der Waals surface area contributed by atoms with Gasteiger partial charge in [-0.1, -0.05) is 35.2 Å². The first kappa shape index (κ1) is 15.9. The summed E-state index contributed by atoms with van der Waals surface area (Å²) in [4.78, 5) is 0.309. The zero-order valence-electron chi connectivity index (χ0n) is 11.4. The topological polar surface area (TPSA) is 46.2 Å². The quantitative estimate of drug-likeness (QED) is 0.659. The predicted octanol–water partition coefficient (Wildman–Crippen LogP) is 3.51. The molecule has 3 nitrogen and oxygen atoms in total. The van der Waals surface area contributed by atoms with Crippen LogP contribution in [0.1, 0.15) is 37.7 Å². The maximum atomic E-state index is 13.1. The molecule has 0 heterocycles. The smallest absolute Gasteiger partial charge is 0.207 e. The van der Waals surface area contributed by atoms with Crippen molar-refractivity contribution in [3.63, 3.8) is 0 Å². The molecular formula is C14H19BrFNO2S. The van der Waals surface area contributed by atoms with Crippen molar-refractivity contribution in [1.29, 1.82) is 0 Å². The van der Waals surface area contributed by atoms with E-state index < -0.39 is 15.8 Å². The second-order valence-corrected chi connectivity index (χ2v) is 8.15. The lowest BCUT2D eigenvalue weighted by Crippen LogP contribution is -2.40. The summed E-state index contributed by atoms with van der Waals surface area (Å²) in [5, 5.41) is 0. The molecule has 0 aliphatic heterocycles. The number of aryl methyl sites for hydroxylation is 1. The molecule has 1 N–H and O–H groups in total. The van der Waals surface area contributed by atoms with Crippen LogP contribution in [0.5, 0.6) is 0 Å². The van der Waals surface area contributed by atoms with Crippen LogP contribution in [-0.4, -0.2) is 19.3 Å². The Bertz CT molecular complexity index is 577. The number of benzene rings is 1. The van der Waals surface area contributed by atoms with Crippen LogP contribution in [0, 0.1) is 12.7 Å². The van der Waals surface area contributed by atoms with E-state index in [0.29, 0.717) is 5.56 Å². The summed E-state index contributed by atoms with van der Waals surface area (Å²) in [7, 11) is -3.60. The fourth-order valence-corrected chi connectivity index (χ4v) is 5.01. The highest BCUT2D eigenvalue weighted by molar-refractivity contribution is 9.09. The van der Waals surface area contributed by atoms with Gasteiger partial charge >= 0.3 is 0 Å². The molecule has 1 fully saturated rings. The minimum absolute atomic E-state index is 0.105. The van der Waals surface area contributed by atoms with Gasteiger partial charge in [-0.15, -0.1) is 0 Å². The van der Waals surface area contributed by atoms with Crippen molar-refractivity contribution >= 4 is 26.0 Å². The lowest BCUT2D eigenvalue weighted by molar-refractivity contribution is 0.520. The Labute approximate surface area is 128 Å². The molecule has 2 atom stereocenters. The van der Waals surface area contributed by atoms with Crippen molar-refractivity contribution in [3.8, 4) is 0 Å². The summed E-state index contributed by atoms with van der Waals surface area (Å²) < 4.78 is 40.7. The Morgan fingerprint density at radius 1 is 1.25 bits per heavy atom. The highest BCUT2D eigenvalue weighted by atomic mass is 79.9. The van der Waals surface area contributed by atoms with Crippen LogP contribution in [0.25, 0.3) is 0 Å². The summed E-state index contributed by atoms with van der Waals surface area (Å²) >= 11 is 3.57. The lowest BCUT2D eigenvalue weighted by atomic mass is 10.1. The van der Waals surface area contributed by atoms with E-state index in [9.17, 15) is 12.8 Å². The van der Waals surface area contributed by atoms with Crippen molar-refractivity contribution < 1.29 is 12.8 Å². The van der Waals surface area contributed by atoms with Gasteiger partial charge in [-0.05, 0) is 43.5 Å². The summed E-state index contributed by atoms with van der Waals surface area (Å²) in [6.45, 7) is 1.61. The first-order valence-corrected chi connectivity index (χ1v) is 9.22. The number of sulfonamides is 1. The highest BCUT2D eigenvalue weighted by Crippen LogP contribution is 2.26. The molecule has 1 saturated carbocycles. The van der Waals surface area contributed by atoms with E-state index in [2.05, 4.69) is 20.7 Å². The average Bonchev–Trinajstić information content (AvgIpc) is 2.54. The van der Waals surface area contributed by atoms with E-state index in [0.717, 1.165) is 32.1 Å². The highest BCUT2D eigenvalue weighted by Gasteiger charge is 2.27. The van der Waals surface area contributed by atoms with Gasteiger partial charge in [0.1, 0.15) is 5.82 Å². The minimum Gasteiger partial charge on any atom is -0.207 e. The van der Waals surface area contributed by atoms with Crippen molar-refractivity contribution in [1.82, 2.24) is 4.72 Å². The Hall–Kier alpha value is -0.460. The number of halogens is 2. The summed E-state index contributed by atoms with van der Waals surface area (Å²) in [6.07, 6.45) is 5.07. The molecule has 1 aliphatic rings. The Morgan fingerprint density at radius 3 is 2.65 bits per heavy atom. The predicted molar refractivity (Wildman–Crippen MR) is 81.0 cm³/mol. The Kier molecular flexibility index (Phi) is 5.20. The standard InChI is InChI=1S/C14H19BrFNO2S/c1-10-9-11(16)7-8-14(10)20(18,19)17-13-6-4-2-3-5-12(13)15/h7-9,12-13,17H,2-6H2,1H3. The van der Waals surface area contributed by atoms with Crippen molar-refractivity contribution in [2.75, 3.05) is 0 Å². The number of rotatable bonds is 3. The largest absolute Gasteiger partial charge is 0.241 e. The number of hydrogen-bond acceptors (Lipinski definition) is 2. The van der Waals surface area contributed by atoms with Gasteiger partial charge in [0, 0.05) is 10.9 Å². The van der Waals surface area contributed by atoms with E-state index in [1.165, 1.54) is 18.2 Å². The Balaban J connectivity index is 2.21. The normalized spacial score (nSPS) is 24.4. The lowest BCUT2D eigenvalue weighted by Gasteiger charge is -2.22. The van der Waals surface area contributed by atoms with E-state index in [1.54, 1.807) is 6.92 Å². The average molecular weight is 364 g/mol. The Morgan fingerprint density at radius 2 is 1.95 bits per heavy atom. The molecule has 0 bridgehead atoms. The minimum atomic E-state index is -3.60. The van der Waals surface area contributed by atoms with Crippen LogP contribution in [0.3, 0.4) is 0 Å².